The Kier molecular flexibility index (Phi) is 6.17. The van der Waals surface area contributed by atoms with Gasteiger partial charge in [0.25, 0.3) is 0 Å². The third-order valence-corrected chi connectivity index (χ3v) is 13.0. The second-order valence-electron chi connectivity index (χ2n) is 17.0. The normalized spacial score (nSPS) is 22.8. The zero-order valence-corrected chi connectivity index (χ0v) is 29.7. The Morgan fingerprint density at radius 1 is 0.688 bits per heavy atom. The second-order valence-corrected chi connectivity index (χ2v) is 17.0. The highest BCUT2D eigenvalue weighted by molar-refractivity contribution is 6.73. The van der Waals surface area contributed by atoms with Crippen LogP contribution >= 0.6 is 0 Å². The minimum Gasteiger partial charge on any atom is -0.355 e. The summed E-state index contributed by atoms with van der Waals surface area (Å²) in [6.45, 7) is 17.1. The van der Waals surface area contributed by atoms with E-state index in [1.807, 2.05) is 0 Å². The molecular formula is C45H47BN2. The zero-order chi connectivity index (χ0) is 33.2. The van der Waals surface area contributed by atoms with Crippen LogP contribution in [0.4, 0.5) is 22.7 Å². The number of hydrogen-bond donors (Lipinski definition) is 1. The molecule has 3 heterocycles. The first kappa shape index (κ1) is 29.9. The Hall–Kier alpha value is -4.24. The minimum absolute atomic E-state index is 0.00981. The fourth-order valence-corrected chi connectivity index (χ4v) is 9.98. The minimum atomic E-state index is -0.111. The summed E-state index contributed by atoms with van der Waals surface area (Å²) in [5.41, 5.74) is 19.4. The lowest BCUT2D eigenvalue weighted by Gasteiger charge is -2.51. The maximum atomic E-state index is 3.96. The number of nitrogens with zero attached hydrogens (tertiary/aromatic N) is 1. The monoisotopic (exact) mass is 626 g/mol. The van der Waals surface area contributed by atoms with Crippen LogP contribution in [0.2, 0.25) is 0 Å². The van der Waals surface area contributed by atoms with Crippen LogP contribution in [0, 0.1) is 0 Å². The second kappa shape index (κ2) is 9.91. The van der Waals surface area contributed by atoms with Crippen LogP contribution in [-0.2, 0) is 16.2 Å². The fourth-order valence-electron chi connectivity index (χ4n) is 9.98. The molecule has 1 saturated carbocycles. The van der Waals surface area contributed by atoms with E-state index >= 15 is 0 Å². The molecule has 3 aliphatic heterocycles. The summed E-state index contributed by atoms with van der Waals surface area (Å²) >= 11 is 0. The molecule has 0 radical (unpaired) electrons. The molecule has 0 saturated heterocycles. The van der Waals surface area contributed by atoms with Gasteiger partial charge in [-0.05, 0) is 87.8 Å². The summed E-state index contributed by atoms with van der Waals surface area (Å²) in [4.78, 5) is 2.85. The molecule has 2 nitrogen and oxygen atoms in total. The van der Waals surface area contributed by atoms with Gasteiger partial charge in [0.05, 0.1) is 11.2 Å². The molecule has 48 heavy (non-hydrogen) atoms. The van der Waals surface area contributed by atoms with E-state index in [1.54, 1.807) is 5.56 Å². The number of anilines is 4. The molecule has 1 N–H and O–H groups in total. The maximum Gasteiger partial charge on any atom is 0.198 e. The number of para-hydroxylation sites is 2. The number of fused-ring (bicyclic) bond motifs is 7. The molecule has 3 heteroatoms. The zero-order valence-electron chi connectivity index (χ0n) is 29.7. The van der Waals surface area contributed by atoms with Crippen LogP contribution in [0.15, 0.2) is 97.1 Å². The van der Waals surface area contributed by atoms with Crippen LogP contribution in [0.5, 0.6) is 0 Å². The van der Waals surface area contributed by atoms with Crippen molar-refractivity contribution < 1.29 is 0 Å². The van der Waals surface area contributed by atoms with E-state index in [0.29, 0.717) is 0 Å². The maximum absolute atomic E-state index is 3.96. The number of rotatable bonds is 2. The van der Waals surface area contributed by atoms with Crippen LogP contribution in [0.3, 0.4) is 0 Å². The molecule has 5 aromatic carbocycles. The largest absolute Gasteiger partial charge is 0.355 e. The van der Waals surface area contributed by atoms with Crippen molar-refractivity contribution >= 4 is 41.0 Å². The van der Waals surface area contributed by atoms with Gasteiger partial charge in [-0.3, -0.25) is 0 Å². The van der Waals surface area contributed by atoms with Gasteiger partial charge in [0.15, 0.2) is 7.28 Å². The van der Waals surface area contributed by atoms with E-state index in [0.717, 1.165) is 7.28 Å². The van der Waals surface area contributed by atoms with Crippen LogP contribution < -0.4 is 21.1 Å². The third-order valence-electron chi connectivity index (χ3n) is 13.0. The summed E-state index contributed by atoms with van der Waals surface area (Å²) < 4.78 is 0. The molecule has 0 bridgehead atoms. The Bertz CT molecular complexity index is 2140. The van der Waals surface area contributed by atoms with Crippen molar-refractivity contribution in [3.05, 3.63) is 119 Å². The molecule has 9 rings (SSSR count). The highest BCUT2D eigenvalue weighted by Crippen LogP contribution is 2.61. The average molecular weight is 627 g/mol. The number of nitrogens with one attached hydrogen (secondary N) is 1. The molecule has 2 atom stereocenters. The molecule has 240 valence electrons. The summed E-state index contributed by atoms with van der Waals surface area (Å²) in [6.07, 6.45) is 5.03. The predicted molar refractivity (Wildman–Crippen MR) is 207 cm³/mol. The Balaban J connectivity index is 1.35. The predicted octanol–water partition coefficient (Wildman–Crippen LogP) is 10.1. The molecule has 5 aromatic rings. The van der Waals surface area contributed by atoms with Gasteiger partial charge in [0, 0.05) is 33.5 Å². The SMILES string of the molecule is CC(C)(C)c1cc2c3c(c1)C1(C)CCCCC1(C)N3c1cc(-c3ccccc3)cc(-c3cccc4c3Nc3ccccc3C4(C)C)c1B2. The van der Waals surface area contributed by atoms with Gasteiger partial charge in [-0.15, -0.1) is 0 Å². The van der Waals surface area contributed by atoms with E-state index in [-0.39, 0.29) is 21.8 Å². The van der Waals surface area contributed by atoms with Gasteiger partial charge in [-0.25, -0.2) is 0 Å². The molecule has 0 amide bonds. The molecule has 2 unspecified atom stereocenters. The first-order valence-corrected chi connectivity index (χ1v) is 18.1. The molecule has 0 aromatic heterocycles. The van der Waals surface area contributed by atoms with Crippen molar-refractivity contribution in [2.75, 3.05) is 10.2 Å². The highest BCUT2D eigenvalue weighted by atomic mass is 15.3. The first-order valence-electron chi connectivity index (χ1n) is 18.1. The van der Waals surface area contributed by atoms with Crippen molar-refractivity contribution in [1.29, 1.82) is 0 Å². The van der Waals surface area contributed by atoms with E-state index in [1.165, 1.54) is 98.3 Å². The molecule has 0 spiro atoms. The van der Waals surface area contributed by atoms with Crippen molar-refractivity contribution in [3.8, 4) is 22.3 Å². The Labute approximate surface area is 287 Å². The standard InChI is InChI=1S/C45H47BN2/c1-42(2,3)30-26-35-41-36(27-30)46-39-32(31-18-15-20-34-40(31)47-37-21-12-11-19-33(37)43(34,4)5)24-29(28-16-9-8-10-17-28)25-38(39)48(41)45(7)23-14-13-22-44(35,45)6/h8-12,15-21,24-27,46-47H,13-14,22-23H2,1-7H3. The lowest BCUT2D eigenvalue weighted by Crippen LogP contribution is -2.57. The lowest BCUT2D eigenvalue weighted by molar-refractivity contribution is 0.195. The highest BCUT2D eigenvalue weighted by Gasteiger charge is 2.59. The van der Waals surface area contributed by atoms with Crippen molar-refractivity contribution in [1.82, 2.24) is 0 Å². The fraction of sp³-hybridized carbons (Fsp3) is 0.333. The van der Waals surface area contributed by atoms with Crippen LogP contribution in [-0.4, -0.2) is 12.8 Å². The van der Waals surface area contributed by atoms with E-state index in [2.05, 4.69) is 156 Å². The van der Waals surface area contributed by atoms with Gasteiger partial charge >= 0.3 is 0 Å². The van der Waals surface area contributed by atoms with Crippen molar-refractivity contribution in [2.24, 2.45) is 0 Å². The summed E-state index contributed by atoms with van der Waals surface area (Å²) in [6, 6.07) is 37.1. The van der Waals surface area contributed by atoms with E-state index in [4.69, 9.17) is 0 Å². The lowest BCUT2D eigenvalue weighted by atomic mass is 9.57. The molecule has 4 aliphatic rings. The van der Waals surface area contributed by atoms with Gasteiger partial charge < -0.3 is 10.2 Å². The van der Waals surface area contributed by atoms with E-state index < -0.39 is 0 Å². The van der Waals surface area contributed by atoms with Crippen LogP contribution in [0.1, 0.15) is 96.4 Å². The van der Waals surface area contributed by atoms with Crippen molar-refractivity contribution in [2.45, 2.75) is 95.9 Å². The summed E-state index contributed by atoms with van der Waals surface area (Å²) in [5, 5.41) is 3.96. The Morgan fingerprint density at radius 2 is 1.42 bits per heavy atom. The average Bonchev–Trinajstić information content (AvgIpc) is 3.29. The number of benzene rings is 5. The van der Waals surface area contributed by atoms with Crippen molar-refractivity contribution in [3.63, 3.8) is 0 Å². The van der Waals surface area contributed by atoms with Crippen LogP contribution in [0.25, 0.3) is 22.3 Å². The molecular weight excluding hydrogens is 579 g/mol. The van der Waals surface area contributed by atoms with Gasteiger partial charge in [0.2, 0.25) is 0 Å². The summed E-state index contributed by atoms with van der Waals surface area (Å²) in [5.74, 6) is 0. The van der Waals surface area contributed by atoms with E-state index in [9.17, 15) is 0 Å². The topological polar surface area (TPSA) is 15.3 Å². The quantitative estimate of drug-likeness (QED) is 0.196. The molecule has 1 aliphatic carbocycles. The summed E-state index contributed by atoms with van der Waals surface area (Å²) in [7, 11) is 0.943. The van der Waals surface area contributed by atoms with Gasteiger partial charge in [-0.1, -0.05) is 139 Å². The Morgan fingerprint density at radius 3 is 2.21 bits per heavy atom. The number of hydrogen-bond acceptors (Lipinski definition) is 2. The first-order chi connectivity index (χ1) is 22.9. The third kappa shape index (κ3) is 3.94. The molecule has 1 fully saturated rings. The smallest absolute Gasteiger partial charge is 0.198 e. The van der Waals surface area contributed by atoms with Gasteiger partial charge in [0.1, 0.15) is 0 Å². The van der Waals surface area contributed by atoms with Gasteiger partial charge in [-0.2, -0.15) is 0 Å².